The van der Waals surface area contributed by atoms with Crippen molar-refractivity contribution in [3.63, 3.8) is 0 Å². The maximum atomic E-state index is 12.1. The van der Waals surface area contributed by atoms with Crippen molar-refractivity contribution in [1.29, 1.82) is 0 Å². The molecular weight excluding hydrogens is 328 g/mol. The zero-order valence-corrected chi connectivity index (χ0v) is 15.4. The number of hydrogen-bond acceptors (Lipinski definition) is 3. The number of thiazole rings is 1. The summed E-state index contributed by atoms with van der Waals surface area (Å²) in [6.07, 6.45) is 3.32. The summed E-state index contributed by atoms with van der Waals surface area (Å²) in [6.45, 7) is 6.22. The van der Waals surface area contributed by atoms with E-state index in [2.05, 4.69) is 42.3 Å². The molecule has 0 aliphatic heterocycles. The number of aryl methyl sites for hydroxylation is 3. The van der Waals surface area contributed by atoms with Gasteiger partial charge in [0, 0.05) is 16.5 Å². The summed E-state index contributed by atoms with van der Waals surface area (Å²) in [4.78, 5) is 17.8. The third-order valence-electron chi connectivity index (χ3n) is 4.03. The Morgan fingerprint density at radius 2 is 1.80 bits per heavy atom. The fourth-order valence-corrected chi connectivity index (χ4v) is 3.33. The van der Waals surface area contributed by atoms with Crippen LogP contribution in [0.1, 0.15) is 21.6 Å². The van der Waals surface area contributed by atoms with Crippen LogP contribution < -0.4 is 5.32 Å². The summed E-state index contributed by atoms with van der Waals surface area (Å²) < 4.78 is 0. The minimum Gasteiger partial charge on any atom is -0.298 e. The van der Waals surface area contributed by atoms with Crippen molar-refractivity contribution in [2.75, 3.05) is 5.32 Å². The van der Waals surface area contributed by atoms with Gasteiger partial charge in [0.05, 0.1) is 5.69 Å². The van der Waals surface area contributed by atoms with Gasteiger partial charge in [-0.15, -0.1) is 11.3 Å². The molecule has 25 heavy (non-hydrogen) atoms. The van der Waals surface area contributed by atoms with E-state index in [1.54, 1.807) is 6.08 Å². The van der Waals surface area contributed by atoms with Crippen molar-refractivity contribution in [1.82, 2.24) is 4.98 Å². The van der Waals surface area contributed by atoms with Crippen LogP contribution in [0, 0.1) is 20.8 Å². The average molecular weight is 348 g/mol. The number of benzene rings is 2. The van der Waals surface area contributed by atoms with Crippen molar-refractivity contribution >= 4 is 28.5 Å². The van der Waals surface area contributed by atoms with Gasteiger partial charge in [0.25, 0.3) is 0 Å². The predicted octanol–water partition coefficient (Wildman–Crippen LogP) is 5.39. The number of nitrogens with zero attached hydrogens (tertiary/aromatic N) is 1. The third kappa shape index (κ3) is 4.22. The summed E-state index contributed by atoms with van der Waals surface area (Å²) >= 11 is 1.49. The summed E-state index contributed by atoms with van der Waals surface area (Å²) in [5.74, 6) is -0.177. The maximum absolute atomic E-state index is 12.1. The summed E-state index contributed by atoms with van der Waals surface area (Å²) in [5.41, 5.74) is 5.49. The monoisotopic (exact) mass is 348 g/mol. The summed E-state index contributed by atoms with van der Waals surface area (Å²) in [6, 6.07) is 16.1. The Bertz CT molecular complexity index is 926. The van der Waals surface area contributed by atoms with Gasteiger partial charge in [-0.1, -0.05) is 42.5 Å². The zero-order chi connectivity index (χ0) is 17.8. The average Bonchev–Trinajstić information content (AvgIpc) is 2.96. The highest BCUT2D eigenvalue weighted by atomic mass is 32.1. The second-order valence-electron chi connectivity index (χ2n) is 5.96. The largest absolute Gasteiger partial charge is 0.298 e. The molecule has 1 aromatic heterocycles. The molecule has 0 unspecified atom stereocenters. The van der Waals surface area contributed by atoms with E-state index in [-0.39, 0.29) is 5.91 Å². The van der Waals surface area contributed by atoms with Crippen molar-refractivity contribution in [3.05, 3.63) is 76.2 Å². The van der Waals surface area contributed by atoms with Gasteiger partial charge in [-0.25, -0.2) is 4.98 Å². The van der Waals surface area contributed by atoms with Crippen LogP contribution in [0.2, 0.25) is 0 Å². The van der Waals surface area contributed by atoms with Crippen LogP contribution >= 0.6 is 11.3 Å². The highest BCUT2D eigenvalue weighted by Crippen LogP contribution is 2.31. The second kappa shape index (κ2) is 7.45. The van der Waals surface area contributed by atoms with E-state index in [9.17, 15) is 4.79 Å². The quantitative estimate of drug-likeness (QED) is 0.643. The van der Waals surface area contributed by atoms with Crippen LogP contribution in [-0.4, -0.2) is 10.9 Å². The van der Waals surface area contributed by atoms with E-state index in [1.807, 2.05) is 37.3 Å². The fourth-order valence-electron chi connectivity index (χ4n) is 2.49. The standard InChI is InChI=1S/C21H20N2OS/c1-14-9-11-18(13-15(14)2)20-16(3)25-21(23-20)22-19(24)12-10-17-7-5-4-6-8-17/h4-13H,1-3H3,(H,22,23,24)/b12-10+. The number of nitrogens with one attached hydrogen (secondary N) is 1. The Labute approximate surface area is 152 Å². The molecule has 3 aromatic rings. The molecule has 0 saturated carbocycles. The number of carbonyl (C=O) groups is 1. The van der Waals surface area contributed by atoms with Crippen molar-refractivity contribution in [3.8, 4) is 11.3 Å². The number of rotatable bonds is 4. The molecule has 0 bridgehead atoms. The zero-order valence-electron chi connectivity index (χ0n) is 14.5. The Balaban J connectivity index is 1.75. The number of carbonyl (C=O) groups excluding carboxylic acids is 1. The van der Waals surface area contributed by atoms with E-state index in [0.717, 1.165) is 21.7 Å². The van der Waals surface area contributed by atoms with Gasteiger partial charge in [-0.05, 0) is 49.6 Å². The van der Waals surface area contributed by atoms with Gasteiger partial charge in [-0.3, -0.25) is 10.1 Å². The molecule has 0 spiro atoms. The minimum atomic E-state index is -0.177. The minimum absolute atomic E-state index is 0.177. The third-order valence-corrected chi connectivity index (χ3v) is 4.92. The van der Waals surface area contributed by atoms with Crippen LogP contribution in [0.5, 0.6) is 0 Å². The molecule has 0 saturated heterocycles. The predicted molar refractivity (Wildman–Crippen MR) is 106 cm³/mol. The van der Waals surface area contributed by atoms with Crippen molar-refractivity contribution in [2.45, 2.75) is 20.8 Å². The molecule has 0 aliphatic rings. The lowest BCUT2D eigenvalue weighted by Gasteiger charge is -2.03. The lowest BCUT2D eigenvalue weighted by Crippen LogP contribution is -2.07. The highest BCUT2D eigenvalue weighted by molar-refractivity contribution is 7.16. The molecule has 1 heterocycles. The first kappa shape index (κ1) is 17.1. The molecular formula is C21H20N2OS. The molecule has 1 N–H and O–H groups in total. The van der Waals surface area contributed by atoms with E-state index >= 15 is 0 Å². The van der Waals surface area contributed by atoms with Gasteiger partial charge in [0.15, 0.2) is 5.13 Å². The molecule has 4 heteroatoms. The van der Waals surface area contributed by atoms with Crippen molar-refractivity contribution < 1.29 is 4.79 Å². The second-order valence-corrected chi connectivity index (χ2v) is 7.16. The van der Waals surface area contributed by atoms with Gasteiger partial charge >= 0.3 is 0 Å². The van der Waals surface area contributed by atoms with Gasteiger partial charge in [0.2, 0.25) is 5.91 Å². The molecule has 3 nitrogen and oxygen atoms in total. The smallest absolute Gasteiger partial charge is 0.250 e. The number of anilines is 1. The topological polar surface area (TPSA) is 42.0 Å². The molecule has 0 fully saturated rings. The first-order valence-electron chi connectivity index (χ1n) is 8.12. The molecule has 126 valence electrons. The summed E-state index contributed by atoms with van der Waals surface area (Å²) in [5, 5.41) is 3.47. The highest BCUT2D eigenvalue weighted by Gasteiger charge is 2.11. The van der Waals surface area contributed by atoms with Crippen LogP contribution in [0.25, 0.3) is 17.3 Å². The lowest BCUT2D eigenvalue weighted by molar-refractivity contribution is -0.111. The van der Waals surface area contributed by atoms with E-state index in [1.165, 1.54) is 28.5 Å². The molecule has 2 aromatic carbocycles. The Morgan fingerprint density at radius 3 is 2.52 bits per heavy atom. The molecule has 0 aliphatic carbocycles. The molecule has 0 atom stereocenters. The van der Waals surface area contributed by atoms with Gasteiger partial charge < -0.3 is 0 Å². The fraction of sp³-hybridized carbons (Fsp3) is 0.143. The lowest BCUT2D eigenvalue weighted by atomic mass is 10.0. The van der Waals surface area contributed by atoms with E-state index in [0.29, 0.717) is 5.13 Å². The summed E-state index contributed by atoms with van der Waals surface area (Å²) in [7, 11) is 0. The van der Waals surface area contributed by atoms with Crippen LogP contribution in [0.4, 0.5) is 5.13 Å². The first-order valence-corrected chi connectivity index (χ1v) is 8.94. The van der Waals surface area contributed by atoms with Crippen LogP contribution in [0.15, 0.2) is 54.6 Å². The number of hydrogen-bond donors (Lipinski definition) is 1. The van der Waals surface area contributed by atoms with Gasteiger partial charge in [0.1, 0.15) is 0 Å². The number of amides is 1. The first-order chi connectivity index (χ1) is 12.0. The molecule has 0 radical (unpaired) electrons. The Morgan fingerprint density at radius 1 is 1.04 bits per heavy atom. The Kier molecular flexibility index (Phi) is 5.10. The SMILES string of the molecule is Cc1ccc(-c2nc(NC(=O)/C=C/c3ccccc3)sc2C)cc1C. The molecule has 3 rings (SSSR count). The number of aromatic nitrogens is 1. The van der Waals surface area contributed by atoms with Gasteiger partial charge in [-0.2, -0.15) is 0 Å². The van der Waals surface area contributed by atoms with E-state index < -0.39 is 0 Å². The van der Waals surface area contributed by atoms with Crippen LogP contribution in [-0.2, 0) is 4.79 Å². The Hall–Kier alpha value is -2.72. The maximum Gasteiger partial charge on any atom is 0.250 e. The normalized spacial score (nSPS) is 11.0. The van der Waals surface area contributed by atoms with Crippen LogP contribution in [0.3, 0.4) is 0 Å². The van der Waals surface area contributed by atoms with Crippen molar-refractivity contribution in [2.24, 2.45) is 0 Å². The molecule has 1 amide bonds. The van der Waals surface area contributed by atoms with E-state index in [4.69, 9.17) is 0 Å².